The van der Waals surface area contributed by atoms with Gasteiger partial charge in [0, 0.05) is 6.07 Å². The Bertz CT molecular complexity index is 401. The lowest BCUT2D eigenvalue weighted by molar-refractivity contribution is 0.606. The first-order valence-electron chi connectivity index (χ1n) is 3.18. The van der Waals surface area contributed by atoms with Crippen molar-refractivity contribution in [3.63, 3.8) is 0 Å². The Morgan fingerprint density at radius 2 is 2.25 bits per heavy atom. The van der Waals surface area contributed by atoms with Gasteiger partial charge in [0.05, 0.1) is 5.02 Å². The second-order valence-electron chi connectivity index (χ2n) is 2.29. The molecule has 62 valence electrons. The molecule has 1 heterocycles. The zero-order valence-electron chi connectivity index (χ0n) is 5.84. The number of nitrogens with zero attached hydrogens (tertiary/aromatic N) is 1. The lowest BCUT2D eigenvalue weighted by Crippen LogP contribution is -1.80. The number of fused-ring (bicyclic) bond motifs is 1. The van der Waals surface area contributed by atoms with Gasteiger partial charge in [0.2, 0.25) is 0 Å². The van der Waals surface area contributed by atoms with Gasteiger partial charge in [0.25, 0.3) is 6.01 Å². The predicted molar refractivity (Wildman–Crippen MR) is 43.4 cm³/mol. The lowest BCUT2D eigenvalue weighted by Gasteiger charge is -1.90. The van der Waals surface area contributed by atoms with E-state index < -0.39 is 5.82 Å². The minimum Gasteiger partial charge on any atom is -0.424 e. The fourth-order valence-electron chi connectivity index (χ4n) is 0.941. The number of hydrogen-bond donors (Lipinski definition) is 1. The summed E-state index contributed by atoms with van der Waals surface area (Å²) in [5, 5.41) is 0.0100. The van der Waals surface area contributed by atoms with Crippen LogP contribution in [-0.4, -0.2) is 4.98 Å². The van der Waals surface area contributed by atoms with Gasteiger partial charge in [-0.25, -0.2) is 4.39 Å². The first-order valence-corrected chi connectivity index (χ1v) is 3.55. The van der Waals surface area contributed by atoms with Crippen molar-refractivity contribution in [1.29, 1.82) is 0 Å². The van der Waals surface area contributed by atoms with Crippen LogP contribution in [0.5, 0.6) is 0 Å². The highest BCUT2D eigenvalue weighted by Crippen LogP contribution is 2.23. The summed E-state index contributed by atoms with van der Waals surface area (Å²) in [7, 11) is 0. The van der Waals surface area contributed by atoms with E-state index in [-0.39, 0.29) is 11.0 Å². The smallest absolute Gasteiger partial charge is 0.292 e. The van der Waals surface area contributed by atoms with Crippen LogP contribution in [0.3, 0.4) is 0 Å². The molecule has 12 heavy (non-hydrogen) atoms. The van der Waals surface area contributed by atoms with Crippen molar-refractivity contribution in [3.8, 4) is 0 Å². The second-order valence-corrected chi connectivity index (χ2v) is 2.69. The van der Waals surface area contributed by atoms with Gasteiger partial charge in [-0.15, -0.1) is 0 Å². The summed E-state index contributed by atoms with van der Waals surface area (Å²) in [6, 6.07) is 2.53. The molecule has 0 bridgehead atoms. The molecule has 0 unspecified atom stereocenters. The first-order chi connectivity index (χ1) is 5.66. The average Bonchev–Trinajstić information content (AvgIpc) is 2.30. The topological polar surface area (TPSA) is 52.0 Å². The maximum absolute atomic E-state index is 12.8. The molecule has 0 aliphatic heterocycles. The maximum atomic E-state index is 12.8. The third-order valence-corrected chi connectivity index (χ3v) is 1.74. The van der Waals surface area contributed by atoms with Gasteiger partial charge in [-0.2, -0.15) is 4.98 Å². The summed E-state index contributed by atoms with van der Waals surface area (Å²) in [5.41, 5.74) is 6.01. The monoisotopic (exact) mass is 186 g/mol. The van der Waals surface area contributed by atoms with Gasteiger partial charge in [-0.1, -0.05) is 11.6 Å². The molecule has 0 aliphatic carbocycles. The third kappa shape index (κ3) is 1.00. The predicted octanol–water partition coefficient (Wildman–Crippen LogP) is 2.20. The van der Waals surface area contributed by atoms with Crippen LogP contribution in [0.4, 0.5) is 10.4 Å². The minimum absolute atomic E-state index is 0.00617. The molecule has 0 amide bonds. The van der Waals surface area contributed by atoms with E-state index in [4.69, 9.17) is 21.8 Å². The number of halogens is 2. The number of oxazole rings is 1. The van der Waals surface area contributed by atoms with Crippen molar-refractivity contribution in [2.24, 2.45) is 0 Å². The van der Waals surface area contributed by atoms with Gasteiger partial charge >= 0.3 is 0 Å². The fourth-order valence-corrected chi connectivity index (χ4v) is 1.10. The summed E-state index contributed by atoms with van der Waals surface area (Å²) in [6.45, 7) is 0. The minimum atomic E-state index is -0.541. The number of rotatable bonds is 0. The van der Waals surface area contributed by atoms with Crippen LogP contribution in [0.1, 0.15) is 0 Å². The molecule has 1 aromatic carbocycles. The molecule has 1 aromatic heterocycles. The zero-order valence-corrected chi connectivity index (χ0v) is 6.60. The number of nitrogen functional groups attached to an aromatic ring is 1. The Labute approximate surface area is 71.9 Å². The molecule has 0 radical (unpaired) electrons. The lowest BCUT2D eigenvalue weighted by atomic mass is 10.3. The van der Waals surface area contributed by atoms with E-state index in [0.29, 0.717) is 11.1 Å². The van der Waals surface area contributed by atoms with Crippen LogP contribution in [0.15, 0.2) is 16.5 Å². The van der Waals surface area contributed by atoms with Crippen LogP contribution < -0.4 is 5.73 Å². The molecule has 0 saturated heterocycles. The van der Waals surface area contributed by atoms with E-state index in [1.165, 1.54) is 6.07 Å². The highest BCUT2D eigenvalue weighted by atomic mass is 35.5. The molecular formula is C7H4ClFN2O. The quantitative estimate of drug-likeness (QED) is 0.686. The molecule has 3 nitrogen and oxygen atoms in total. The van der Waals surface area contributed by atoms with E-state index in [2.05, 4.69) is 4.98 Å². The Kier molecular flexibility index (Phi) is 1.44. The summed E-state index contributed by atoms with van der Waals surface area (Å²) >= 11 is 5.50. The van der Waals surface area contributed by atoms with Crippen molar-refractivity contribution < 1.29 is 8.81 Å². The third-order valence-electron chi connectivity index (χ3n) is 1.45. The van der Waals surface area contributed by atoms with Gasteiger partial charge in [0.15, 0.2) is 5.58 Å². The van der Waals surface area contributed by atoms with Crippen molar-refractivity contribution in [2.45, 2.75) is 0 Å². The average molecular weight is 187 g/mol. The summed E-state index contributed by atoms with van der Waals surface area (Å²) in [5.74, 6) is -0.541. The summed E-state index contributed by atoms with van der Waals surface area (Å²) in [6.07, 6.45) is 0. The zero-order chi connectivity index (χ0) is 8.72. The fraction of sp³-hybridized carbons (Fsp3) is 0. The number of aromatic nitrogens is 1. The summed E-state index contributed by atoms with van der Waals surface area (Å²) < 4.78 is 17.7. The van der Waals surface area contributed by atoms with Gasteiger partial charge in [-0.3, -0.25) is 0 Å². The second kappa shape index (κ2) is 2.35. The van der Waals surface area contributed by atoms with E-state index >= 15 is 0 Å². The molecule has 5 heteroatoms. The number of nitrogens with two attached hydrogens (primary N) is 1. The van der Waals surface area contributed by atoms with Crippen molar-refractivity contribution in [3.05, 3.63) is 23.0 Å². The van der Waals surface area contributed by atoms with Crippen molar-refractivity contribution in [1.82, 2.24) is 4.98 Å². The van der Waals surface area contributed by atoms with Crippen molar-refractivity contribution >= 4 is 28.7 Å². The van der Waals surface area contributed by atoms with Crippen LogP contribution in [0, 0.1) is 5.82 Å². The Hall–Kier alpha value is -1.29. The highest BCUT2D eigenvalue weighted by molar-refractivity contribution is 6.31. The maximum Gasteiger partial charge on any atom is 0.292 e. The van der Waals surface area contributed by atoms with Crippen LogP contribution in [-0.2, 0) is 0 Å². The Morgan fingerprint density at radius 1 is 1.50 bits per heavy atom. The van der Waals surface area contributed by atoms with E-state index in [9.17, 15) is 4.39 Å². The number of anilines is 1. The highest BCUT2D eigenvalue weighted by Gasteiger charge is 2.07. The SMILES string of the molecule is Nc1nc2cc(Cl)c(F)cc2o1. The van der Waals surface area contributed by atoms with E-state index in [0.717, 1.165) is 6.07 Å². The largest absolute Gasteiger partial charge is 0.424 e. The molecule has 0 saturated carbocycles. The van der Waals surface area contributed by atoms with E-state index in [1.807, 2.05) is 0 Å². The molecular weight excluding hydrogens is 183 g/mol. The van der Waals surface area contributed by atoms with Gasteiger partial charge in [0.1, 0.15) is 11.3 Å². The van der Waals surface area contributed by atoms with Gasteiger partial charge in [-0.05, 0) is 6.07 Å². The van der Waals surface area contributed by atoms with Gasteiger partial charge < -0.3 is 10.2 Å². The Balaban J connectivity index is 2.83. The van der Waals surface area contributed by atoms with Crippen LogP contribution in [0.2, 0.25) is 5.02 Å². The first kappa shape index (κ1) is 7.36. The van der Waals surface area contributed by atoms with E-state index in [1.54, 1.807) is 0 Å². The normalized spacial score (nSPS) is 10.8. The van der Waals surface area contributed by atoms with Crippen LogP contribution >= 0.6 is 11.6 Å². The van der Waals surface area contributed by atoms with Crippen molar-refractivity contribution in [2.75, 3.05) is 5.73 Å². The van der Waals surface area contributed by atoms with Crippen LogP contribution in [0.25, 0.3) is 11.1 Å². The standard InChI is InChI=1S/C7H4ClFN2O/c8-3-1-5-6(2-4(3)9)12-7(10)11-5/h1-2H,(H2,10,11). The molecule has 2 aromatic rings. The summed E-state index contributed by atoms with van der Waals surface area (Å²) in [4.78, 5) is 3.78. The molecule has 0 fully saturated rings. The molecule has 0 aliphatic rings. The number of benzene rings is 1. The molecule has 2 N–H and O–H groups in total. The molecule has 0 atom stereocenters. The Morgan fingerprint density at radius 3 is 3.00 bits per heavy atom. The number of hydrogen-bond acceptors (Lipinski definition) is 3. The molecule has 0 spiro atoms. The molecule has 2 rings (SSSR count).